The normalized spacial score (nSPS) is 10.4. The molecule has 19 heavy (non-hydrogen) atoms. The van der Waals surface area contributed by atoms with Gasteiger partial charge in [-0.1, -0.05) is 48.0 Å². The minimum absolute atomic E-state index is 0.474. The van der Waals surface area contributed by atoms with E-state index in [1.807, 2.05) is 60.7 Å². The van der Waals surface area contributed by atoms with E-state index < -0.39 is 0 Å². The lowest BCUT2D eigenvalue weighted by Crippen LogP contribution is -1.88. The number of benzene rings is 1. The van der Waals surface area contributed by atoms with E-state index in [0.29, 0.717) is 5.15 Å². The highest BCUT2D eigenvalue weighted by Gasteiger charge is 2.06. The molecular weight excluding hydrogens is 256 g/mol. The van der Waals surface area contributed by atoms with Crippen LogP contribution in [0, 0.1) is 0 Å². The van der Waals surface area contributed by atoms with E-state index in [4.69, 9.17) is 11.6 Å². The second-order valence-corrected chi connectivity index (χ2v) is 4.53. The Morgan fingerprint density at radius 3 is 2.26 bits per heavy atom. The molecule has 0 atom stereocenters. The number of hydrogen-bond acceptors (Lipinski definition) is 2. The topological polar surface area (TPSA) is 25.8 Å². The molecule has 1 aromatic carbocycles. The molecule has 2 nitrogen and oxygen atoms in total. The van der Waals surface area contributed by atoms with Gasteiger partial charge in [0.15, 0.2) is 0 Å². The third-order valence-electron chi connectivity index (χ3n) is 2.82. The van der Waals surface area contributed by atoms with Gasteiger partial charge in [0.1, 0.15) is 5.15 Å². The summed E-state index contributed by atoms with van der Waals surface area (Å²) in [6.45, 7) is 0. The van der Waals surface area contributed by atoms with Crippen LogP contribution >= 0.6 is 11.6 Å². The molecule has 0 aliphatic rings. The Kier molecular flexibility index (Phi) is 3.25. The third-order valence-corrected chi connectivity index (χ3v) is 3.02. The molecular formula is C16H11ClN2. The molecule has 92 valence electrons. The van der Waals surface area contributed by atoms with Crippen LogP contribution in [0.4, 0.5) is 0 Å². The Morgan fingerprint density at radius 2 is 1.53 bits per heavy atom. The Labute approximate surface area is 116 Å². The molecule has 0 fully saturated rings. The highest BCUT2D eigenvalue weighted by Crippen LogP contribution is 2.26. The molecule has 0 spiro atoms. The van der Waals surface area contributed by atoms with Crippen molar-refractivity contribution in [1.29, 1.82) is 0 Å². The zero-order valence-electron chi connectivity index (χ0n) is 10.1. The van der Waals surface area contributed by atoms with Crippen LogP contribution < -0.4 is 0 Å². The first-order valence-electron chi connectivity index (χ1n) is 5.97. The first kappa shape index (κ1) is 11.9. The lowest BCUT2D eigenvalue weighted by molar-refractivity contribution is 1.29. The summed E-state index contributed by atoms with van der Waals surface area (Å²) in [4.78, 5) is 8.71. The lowest BCUT2D eigenvalue weighted by atomic mass is 10.1. The van der Waals surface area contributed by atoms with Crippen LogP contribution in [-0.4, -0.2) is 9.97 Å². The Bertz CT molecular complexity index is 624. The van der Waals surface area contributed by atoms with Crippen molar-refractivity contribution < 1.29 is 0 Å². The summed E-state index contributed by atoms with van der Waals surface area (Å²) in [7, 11) is 0. The summed E-state index contributed by atoms with van der Waals surface area (Å²) >= 11 is 6.11. The zero-order chi connectivity index (χ0) is 13.1. The van der Waals surface area contributed by atoms with Crippen LogP contribution in [0.5, 0.6) is 0 Å². The van der Waals surface area contributed by atoms with Crippen LogP contribution in [0.3, 0.4) is 0 Å². The van der Waals surface area contributed by atoms with Gasteiger partial charge in [-0.15, -0.1) is 0 Å². The summed E-state index contributed by atoms with van der Waals surface area (Å²) in [6, 6.07) is 19.6. The number of nitrogens with zero attached hydrogens (tertiary/aromatic N) is 2. The van der Waals surface area contributed by atoms with E-state index in [0.717, 1.165) is 22.5 Å². The summed E-state index contributed by atoms with van der Waals surface area (Å²) in [5, 5.41) is 0.474. The molecule has 2 aromatic heterocycles. The van der Waals surface area contributed by atoms with Crippen molar-refractivity contribution in [2.24, 2.45) is 0 Å². The zero-order valence-corrected chi connectivity index (χ0v) is 10.9. The Balaban J connectivity index is 2.12. The van der Waals surface area contributed by atoms with Crippen molar-refractivity contribution in [1.82, 2.24) is 9.97 Å². The predicted molar refractivity (Wildman–Crippen MR) is 77.9 cm³/mol. The van der Waals surface area contributed by atoms with Gasteiger partial charge < -0.3 is 0 Å². The van der Waals surface area contributed by atoms with E-state index in [1.54, 1.807) is 6.20 Å². The molecule has 0 radical (unpaired) electrons. The van der Waals surface area contributed by atoms with Gasteiger partial charge in [-0.05, 0) is 24.3 Å². The molecule has 3 heteroatoms. The van der Waals surface area contributed by atoms with Crippen LogP contribution in [0.1, 0.15) is 0 Å². The van der Waals surface area contributed by atoms with E-state index in [2.05, 4.69) is 9.97 Å². The summed E-state index contributed by atoms with van der Waals surface area (Å²) in [6.07, 6.45) is 1.77. The average Bonchev–Trinajstić information content (AvgIpc) is 2.48. The van der Waals surface area contributed by atoms with Crippen molar-refractivity contribution >= 4 is 11.6 Å². The summed E-state index contributed by atoms with van der Waals surface area (Å²) in [5.41, 5.74) is 3.76. The van der Waals surface area contributed by atoms with Crippen molar-refractivity contribution in [2.75, 3.05) is 0 Å². The highest BCUT2D eigenvalue weighted by molar-refractivity contribution is 6.29. The predicted octanol–water partition coefficient (Wildman–Crippen LogP) is 4.46. The van der Waals surface area contributed by atoms with Crippen molar-refractivity contribution in [3.05, 3.63) is 72.0 Å². The minimum atomic E-state index is 0.474. The summed E-state index contributed by atoms with van der Waals surface area (Å²) < 4.78 is 0. The monoisotopic (exact) mass is 266 g/mol. The maximum absolute atomic E-state index is 6.11. The second-order valence-electron chi connectivity index (χ2n) is 4.14. The number of halogens is 1. The van der Waals surface area contributed by atoms with Gasteiger partial charge in [-0.3, -0.25) is 4.98 Å². The fraction of sp³-hybridized carbons (Fsp3) is 0. The van der Waals surface area contributed by atoms with Crippen LogP contribution in [0.2, 0.25) is 5.15 Å². The van der Waals surface area contributed by atoms with Crippen LogP contribution in [0.15, 0.2) is 66.9 Å². The van der Waals surface area contributed by atoms with E-state index in [-0.39, 0.29) is 0 Å². The van der Waals surface area contributed by atoms with Gasteiger partial charge in [-0.2, -0.15) is 0 Å². The summed E-state index contributed by atoms with van der Waals surface area (Å²) in [5.74, 6) is 0. The Hall–Kier alpha value is -2.19. The van der Waals surface area contributed by atoms with E-state index in [9.17, 15) is 0 Å². The fourth-order valence-electron chi connectivity index (χ4n) is 1.94. The third kappa shape index (κ3) is 2.64. The standard InChI is InChI=1S/C16H11ClN2/c17-16-11-13(14-8-4-5-9-18-14)10-15(19-16)12-6-2-1-3-7-12/h1-11H. The van der Waals surface area contributed by atoms with Crippen molar-refractivity contribution in [2.45, 2.75) is 0 Å². The Morgan fingerprint density at radius 1 is 0.737 bits per heavy atom. The molecule has 0 saturated carbocycles. The van der Waals surface area contributed by atoms with Gasteiger partial charge in [0.2, 0.25) is 0 Å². The lowest BCUT2D eigenvalue weighted by Gasteiger charge is -2.05. The SMILES string of the molecule is Clc1cc(-c2ccccn2)cc(-c2ccccc2)n1. The van der Waals surface area contributed by atoms with Crippen LogP contribution in [-0.2, 0) is 0 Å². The second kappa shape index (κ2) is 5.21. The molecule has 0 N–H and O–H groups in total. The quantitative estimate of drug-likeness (QED) is 0.640. The largest absolute Gasteiger partial charge is 0.256 e. The van der Waals surface area contributed by atoms with Gasteiger partial charge in [0, 0.05) is 17.3 Å². The molecule has 3 aromatic rings. The number of rotatable bonds is 2. The molecule has 3 rings (SSSR count). The molecule has 0 aliphatic heterocycles. The van der Waals surface area contributed by atoms with E-state index >= 15 is 0 Å². The van der Waals surface area contributed by atoms with Crippen LogP contribution in [0.25, 0.3) is 22.5 Å². The maximum atomic E-state index is 6.11. The first-order chi connectivity index (χ1) is 9.33. The molecule has 0 saturated heterocycles. The van der Waals surface area contributed by atoms with Gasteiger partial charge in [0.05, 0.1) is 11.4 Å². The van der Waals surface area contributed by atoms with Gasteiger partial charge in [-0.25, -0.2) is 4.98 Å². The average molecular weight is 267 g/mol. The van der Waals surface area contributed by atoms with Gasteiger partial charge in [0.25, 0.3) is 0 Å². The smallest absolute Gasteiger partial charge is 0.130 e. The minimum Gasteiger partial charge on any atom is -0.256 e. The van der Waals surface area contributed by atoms with Crippen molar-refractivity contribution in [3.8, 4) is 22.5 Å². The maximum Gasteiger partial charge on any atom is 0.130 e. The molecule has 0 bridgehead atoms. The van der Waals surface area contributed by atoms with E-state index in [1.165, 1.54) is 0 Å². The number of aromatic nitrogens is 2. The van der Waals surface area contributed by atoms with Gasteiger partial charge >= 0.3 is 0 Å². The number of pyridine rings is 2. The first-order valence-corrected chi connectivity index (χ1v) is 6.35. The molecule has 2 heterocycles. The van der Waals surface area contributed by atoms with Crippen molar-refractivity contribution in [3.63, 3.8) is 0 Å². The molecule has 0 unspecified atom stereocenters. The number of hydrogen-bond donors (Lipinski definition) is 0. The highest BCUT2D eigenvalue weighted by atomic mass is 35.5. The molecule has 0 aliphatic carbocycles. The fourth-order valence-corrected chi connectivity index (χ4v) is 2.14. The molecule has 0 amide bonds.